The molecule has 0 aliphatic carbocycles. The van der Waals surface area contributed by atoms with Crippen molar-refractivity contribution < 1.29 is 0 Å². The summed E-state index contributed by atoms with van der Waals surface area (Å²) in [6.45, 7) is 12.9. The molecule has 2 nitrogen and oxygen atoms in total. The molecule has 13 heavy (non-hydrogen) atoms. The van der Waals surface area contributed by atoms with E-state index in [0.717, 1.165) is 12.5 Å². The van der Waals surface area contributed by atoms with Gasteiger partial charge in [-0.2, -0.15) is 0 Å². The minimum atomic E-state index is 0.651. The zero-order valence-electron chi connectivity index (χ0n) is 9.51. The lowest BCUT2D eigenvalue weighted by Gasteiger charge is -2.39. The number of nitrogens with zero attached hydrogens (tertiary/aromatic N) is 1. The summed E-state index contributed by atoms with van der Waals surface area (Å²) >= 11 is 0. The monoisotopic (exact) mass is 184 g/mol. The first-order valence-corrected chi connectivity index (χ1v) is 5.62. The second-order valence-electron chi connectivity index (χ2n) is 4.49. The van der Waals surface area contributed by atoms with E-state index in [1.54, 1.807) is 0 Å². The Kier molecular flexibility index (Phi) is 4.20. The summed E-state index contributed by atoms with van der Waals surface area (Å²) in [5.74, 6) is 0.841. The lowest BCUT2D eigenvalue weighted by Crippen LogP contribution is -2.56. The van der Waals surface area contributed by atoms with Gasteiger partial charge in [0.1, 0.15) is 0 Å². The van der Waals surface area contributed by atoms with Crippen LogP contribution in [0.1, 0.15) is 34.1 Å². The van der Waals surface area contributed by atoms with Crippen molar-refractivity contribution in [3.8, 4) is 0 Å². The average Bonchev–Trinajstić information content (AvgIpc) is 2.13. The van der Waals surface area contributed by atoms with Crippen molar-refractivity contribution in [2.45, 2.75) is 46.2 Å². The second-order valence-corrected chi connectivity index (χ2v) is 4.49. The normalized spacial score (nSPS) is 33.2. The quantitative estimate of drug-likeness (QED) is 0.718. The number of hydrogen-bond donors (Lipinski definition) is 1. The lowest BCUT2D eigenvalue weighted by atomic mass is 10.0. The average molecular weight is 184 g/mol. The van der Waals surface area contributed by atoms with Crippen molar-refractivity contribution in [2.24, 2.45) is 5.92 Å². The van der Waals surface area contributed by atoms with Gasteiger partial charge in [0, 0.05) is 31.7 Å². The van der Waals surface area contributed by atoms with Crippen molar-refractivity contribution in [2.75, 3.05) is 19.6 Å². The zero-order chi connectivity index (χ0) is 9.84. The Morgan fingerprint density at radius 1 is 1.46 bits per heavy atom. The molecule has 1 aliphatic rings. The second kappa shape index (κ2) is 4.97. The molecule has 0 amide bonds. The maximum absolute atomic E-state index is 3.51. The van der Waals surface area contributed by atoms with Crippen molar-refractivity contribution in [1.82, 2.24) is 10.2 Å². The molecule has 2 heteroatoms. The molecule has 1 fully saturated rings. The topological polar surface area (TPSA) is 15.3 Å². The van der Waals surface area contributed by atoms with Gasteiger partial charge in [-0.25, -0.2) is 0 Å². The number of rotatable bonds is 3. The van der Waals surface area contributed by atoms with Gasteiger partial charge in [-0.1, -0.05) is 20.3 Å². The van der Waals surface area contributed by atoms with Crippen LogP contribution in [0.4, 0.5) is 0 Å². The highest BCUT2D eigenvalue weighted by Gasteiger charge is 2.24. The summed E-state index contributed by atoms with van der Waals surface area (Å²) in [6, 6.07) is 1.35. The molecule has 0 bridgehead atoms. The van der Waals surface area contributed by atoms with Gasteiger partial charge in [-0.15, -0.1) is 0 Å². The first-order chi connectivity index (χ1) is 6.15. The first kappa shape index (κ1) is 11.0. The van der Waals surface area contributed by atoms with Crippen LogP contribution in [0.5, 0.6) is 0 Å². The SMILES string of the molecule is CCC(C)CN1CCNC(C)C1C. The first-order valence-electron chi connectivity index (χ1n) is 5.62. The van der Waals surface area contributed by atoms with Crippen LogP contribution in [-0.4, -0.2) is 36.6 Å². The van der Waals surface area contributed by atoms with E-state index in [-0.39, 0.29) is 0 Å². The molecule has 3 atom stereocenters. The van der Waals surface area contributed by atoms with Gasteiger partial charge < -0.3 is 5.32 Å². The van der Waals surface area contributed by atoms with E-state index in [2.05, 4.69) is 37.9 Å². The van der Waals surface area contributed by atoms with Crippen molar-refractivity contribution in [1.29, 1.82) is 0 Å². The highest BCUT2D eigenvalue weighted by atomic mass is 15.2. The standard InChI is InChI=1S/C11H24N2/c1-5-9(2)8-13-7-6-12-10(3)11(13)4/h9-12H,5-8H2,1-4H3. The molecule has 1 rings (SSSR count). The summed E-state index contributed by atoms with van der Waals surface area (Å²) in [6.07, 6.45) is 1.30. The van der Waals surface area contributed by atoms with Gasteiger partial charge in [0.05, 0.1) is 0 Å². The van der Waals surface area contributed by atoms with Gasteiger partial charge in [0.25, 0.3) is 0 Å². The third-order valence-corrected chi connectivity index (χ3v) is 3.41. The van der Waals surface area contributed by atoms with Crippen LogP contribution in [-0.2, 0) is 0 Å². The minimum absolute atomic E-state index is 0.651. The lowest BCUT2D eigenvalue weighted by molar-refractivity contribution is 0.120. The van der Waals surface area contributed by atoms with E-state index in [4.69, 9.17) is 0 Å². The largest absolute Gasteiger partial charge is 0.311 e. The molecular weight excluding hydrogens is 160 g/mol. The van der Waals surface area contributed by atoms with Crippen molar-refractivity contribution >= 4 is 0 Å². The summed E-state index contributed by atoms with van der Waals surface area (Å²) in [5.41, 5.74) is 0. The number of piperazine rings is 1. The van der Waals surface area contributed by atoms with Crippen LogP contribution in [0.2, 0.25) is 0 Å². The molecule has 0 aromatic rings. The number of hydrogen-bond acceptors (Lipinski definition) is 2. The maximum atomic E-state index is 3.51. The summed E-state index contributed by atoms with van der Waals surface area (Å²) in [4.78, 5) is 2.62. The molecule has 1 heterocycles. The van der Waals surface area contributed by atoms with Crippen LogP contribution in [0.25, 0.3) is 0 Å². The molecule has 3 unspecified atom stereocenters. The third kappa shape index (κ3) is 2.96. The van der Waals surface area contributed by atoms with Crippen LogP contribution >= 0.6 is 0 Å². The molecule has 0 aromatic carbocycles. The zero-order valence-corrected chi connectivity index (χ0v) is 9.51. The Labute approximate surface area is 82.7 Å². The fourth-order valence-electron chi connectivity index (χ4n) is 1.91. The fraction of sp³-hybridized carbons (Fsp3) is 1.00. The Bertz CT molecular complexity index is 147. The van der Waals surface area contributed by atoms with E-state index in [1.807, 2.05) is 0 Å². The van der Waals surface area contributed by atoms with Crippen molar-refractivity contribution in [3.63, 3.8) is 0 Å². The number of nitrogens with one attached hydrogen (secondary N) is 1. The predicted molar refractivity (Wildman–Crippen MR) is 58.0 cm³/mol. The molecular formula is C11H24N2. The fourth-order valence-corrected chi connectivity index (χ4v) is 1.91. The smallest absolute Gasteiger partial charge is 0.0219 e. The van der Waals surface area contributed by atoms with E-state index >= 15 is 0 Å². The maximum Gasteiger partial charge on any atom is 0.0219 e. The van der Waals surface area contributed by atoms with E-state index < -0.39 is 0 Å². The Morgan fingerprint density at radius 3 is 2.77 bits per heavy atom. The molecule has 1 aliphatic heterocycles. The van der Waals surface area contributed by atoms with E-state index in [9.17, 15) is 0 Å². The highest BCUT2D eigenvalue weighted by Crippen LogP contribution is 2.12. The summed E-state index contributed by atoms with van der Waals surface area (Å²) in [7, 11) is 0. The van der Waals surface area contributed by atoms with E-state index in [1.165, 1.54) is 19.5 Å². The van der Waals surface area contributed by atoms with Crippen LogP contribution in [0.3, 0.4) is 0 Å². The minimum Gasteiger partial charge on any atom is -0.311 e. The molecule has 78 valence electrons. The van der Waals surface area contributed by atoms with Gasteiger partial charge in [-0.3, -0.25) is 4.90 Å². The Hall–Kier alpha value is -0.0800. The van der Waals surface area contributed by atoms with Gasteiger partial charge in [0.2, 0.25) is 0 Å². The highest BCUT2D eigenvalue weighted by molar-refractivity contribution is 4.83. The molecule has 0 spiro atoms. The molecule has 1 N–H and O–H groups in total. The van der Waals surface area contributed by atoms with Crippen molar-refractivity contribution in [3.05, 3.63) is 0 Å². The molecule has 0 radical (unpaired) electrons. The van der Waals surface area contributed by atoms with Gasteiger partial charge >= 0.3 is 0 Å². The van der Waals surface area contributed by atoms with Gasteiger partial charge in [-0.05, 0) is 19.8 Å². The van der Waals surface area contributed by atoms with Crippen LogP contribution in [0, 0.1) is 5.92 Å². The summed E-state index contributed by atoms with van der Waals surface area (Å²) in [5, 5.41) is 3.51. The molecule has 1 saturated heterocycles. The molecule has 0 aromatic heterocycles. The van der Waals surface area contributed by atoms with Gasteiger partial charge in [0.15, 0.2) is 0 Å². The summed E-state index contributed by atoms with van der Waals surface area (Å²) < 4.78 is 0. The Morgan fingerprint density at radius 2 is 2.15 bits per heavy atom. The Balaban J connectivity index is 2.39. The van der Waals surface area contributed by atoms with Crippen LogP contribution < -0.4 is 5.32 Å². The predicted octanol–water partition coefficient (Wildman–Crippen LogP) is 1.71. The van der Waals surface area contributed by atoms with E-state index in [0.29, 0.717) is 12.1 Å². The van der Waals surface area contributed by atoms with Crippen LogP contribution in [0.15, 0.2) is 0 Å². The molecule has 0 saturated carbocycles. The third-order valence-electron chi connectivity index (χ3n) is 3.41.